The Hall–Kier alpha value is -3.66. The fourth-order valence-corrected chi connectivity index (χ4v) is 2.76. The summed E-state index contributed by atoms with van der Waals surface area (Å²) in [5.41, 5.74) is 2.06. The molecule has 2 unspecified atom stereocenters. The second-order valence-electron chi connectivity index (χ2n) is 6.34. The highest BCUT2D eigenvalue weighted by atomic mass is 16.2. The average Bonchev–Trinajstić information content (AvgIpc) is 3.44. The van der Waals surface area contributed by atoms with Gasteiger partial charge in [0.25, 0.3) is 0 Å². The lowest BCUT2D eigenvalue weighted by Crippen LogP contribution is -2.21. The average molecular weight is 362 g/mol. The summed E-state index contributed by atoms with van der Waals surface area (Å²) >= 11 is 0. The SMILES string of the molecule is CC(=O)Nc1ccc(NC(=O)C2CC2C(=O)Nc2ccccc2C#N)cc1. The van der Waals surface area contributed by atoms with Crippen LogP contribution in [0.25, 0.3) is 0 Å². The number of carbonyl (C=O) groups excluding carboxylic acids is 3. The van der Waals surface area contributed by atoms with Gasteiger partial charge in [0, 0.05) is 18.3 Å². The molecule has 0 heterocycles. The minimum absolute atomic E-state index is 0.170. The third-order valence-corrected chi connectivity index (χ3v) is 4.24. The zero-order valence-corrected chi connectivity index (χ0v) is 14.7. The Morgan fingerprint density at radius 2 is 1.44 bits per heavy atom. The predicted molar refractivity (Wildman–Crippen MR) is 101 cm³/mol. The molecule has 0 saturated heterocycles. The molecule has 7 heteroatoms. The maximum absolute atomic E-state index is 12.3. The van der Waals surface area contributed by atoms with Gasteiger partial charge in [0.2, 0.25) is 17.7 Å². The van der Waals surface area contributed by atoms with Gasteiger partial charge >= 0.3 is 0 Å². The number of para-hydroxylation sites is 1. The molecule has 1 saturated carbocycles. The van der Waals surface area contributed by atoms with E-state index in [0.717, 1.165) is 0 Å². The lowest BCUT2D eigenvalue weighted by atomic mass is 10.2. The fourth-order valence-electron chi connectivity index (χ4n) is 2.76. The van der Waals surface area contributed by atoms with Gasteiger partial charge < -0.3 is 16.0 Å². The van der Waals surface area contributed by atoms with Crippen molar-refractivity contribution in [2.24, 2.45) is 11.8 Å². The van der Waals surface area contributed by atoms with Crippen molar-refractivity contribution in [3.8, 4) is 6.07 Å². The van der Waals surface area contributed by atoms with Crippen LogP contribution >= 0.6 is 0 Å². The molecule has 0 aliphatic heterocycles. The van der Waals surface area contributed by atoms with E-state index in [0.29, 0.717) is 29.0 Å². The summed E-state index contributed by atoms with van der Waals surface area (Å²) in [5, 5.41) is 17.2. The van der Waals surface area contributed by atoms with Crippen molar-refractivity contribution >= 4 is 34.8 Å². The van der Waals surface area contributed by atoms with Crippen LogP contribution < -0.4 is 16.0 Å². The largest absolute Gasteiger partial charge is 0.326 e. The van der Waals surface area contributed by atoms with E-state index in [1.165, 1.54) is 6.92 Å². The number of nitriles is 1. The van der Waals surface area contributed by atoms with E-state index in [2.05, 4.69) is 16.0 Å². The lowest BCUT2D eigenvalue weighted by molar-refractivity contribution is -0.122. The molecule has 0 radical (unpaired) electrons. The molecular formula is C20H18N4O3. The summed E-state index contributed by atoms with van der Waals surface area (Å²) in [6.45, 7) is 1.42. The van der Waals surface area contributed by atoms with Crippen LogP contribution in [0.2, 0.25) is 0 Å². The molecule has 3 amide bonds. The summed E-state index contributed by atoms with van der Waals surface area (Å²) in [4.78, 5) is 35.6. The molecule has 0 aromatic heterocycles. The monoisotopic (exact) mass is 362 g/mol. The number of anilines is 3. The number of rotatable bonds is 5. The van der Waals surface area contributed by atoms with Crippen molar-refractivity contribution < 1.29 is 14.4 Å². The molecule has 2 aromatic carbocycles. The van der Waals surface area contributed by atoms with E-state index in [4.69, 9.17) is 5.26 Å². The molecule has 27 heavy (non-hydrogen) atoms. The third kappa shape index (κ3) is 4.50. The van der Waals surface area contributed by atoms with Crippen LogP contribution in [0, 0.1) is 23.2 Å². The Labute approximate surface area is 156 Å². The molecule has 1 aliphatic carbocycles. The van der Waals surface area contributed by atoms with Crippen molar-refractivity contribution in [2.45, 2.75) is 13.3 Å². The van der Waals surface area contributed by atoms with E-state index in [-0.39, 0.29) is 17.7 Å². The van der Waals surface area contributed by atoms with Crippen molar-refractivity contribution in [2.75, 3.05) is 16.0 Å². The minimum Gasteiger partial charge on any atom is -0.326 e. The van der Waals surface area contributed by atoms with Crippen molar-refractivity contribution in [1.29, 1.82) is 5.26 Å². The number of nitrogens with zero attached hydrogens (tertiary/aromatic N) is 1. The maximum Gasteiger partial charge on any atom is 0.228 e. The highest BCUT2D eigenvalue weighted by Crippen LogP contribution is 2.40. The molecule has 1 aliphatic rings. The molecular weight excluding hydrogens is 344 g/mol. The van der Waals surface area contributed by atoms with Crippen molar-refractivity contribution in [3.63, 3.8) is 0 Å². The summed E-state index contributed by atoms with van der Waals surface area (Å²) in [7, 11) is 0. The standard InChI is InChI=1S/C20H18N4O3/c1-12(25)22-14-6-8-15(9-7-14)23-19(26)16-10-17(16)20(27)24-18-5-3-2-4-13(18)11-21/h2-9,16-17H,10H2,1H3,(H,22,25)(H,23,26)(H,24,27). The molecule has 1 fully saturated rings. The van der Waals surface area contributed by atoms with Gasteiger partial charge in [-0.2, -0.15) is 5.26 Å². The van der Waals surface area contributed by atoms with E-state index in [1.54, 1.807) is 48.5 Å². The van der Waals surface area contributed by atoms with Gasteiger partial charge in [-0.3, -0.25) is 14.4 Å². The van der Waals surface area contributed by atoms with E-state index in [9.17, 15) is 14.4 Å². The van der Waals surface area contributed by atoms with Crippen LogP contribution in [-0.2, 0) is 14.4 Å². The molecule has 136 valence electrons. The van der Waals surface area contributed by atoms with E-state index < -0.39 is 11.8 Å². The molecule has 7 nitrogen and oxygen atoms in total. The highest BCUT2D eigenvalue weighted by Gasteiger charge is 2.48. The zero-order valence-electron chi connectivity index (χ0n) is 14.7. The number of benzene rings is 2. The second kappa shape index (κ2) is 7.70. The smallest absolute Gasteiger partial charge is 0.228 e. The van der Waals surface area contributed by atoms with Crippen LogP contribution in [-0.4, -0.2) is 17.7 Å². The van der Waals surface area contributed by atoms with Gasteiger partial charge in [-0.15, -0.1) is 0 Å². The lowest BCUT2D eigenvalue weighted by Gasteiger charge is -2.08. The van der Waals surface area contributed by atoms with E-state index in [1.807, 2.05) is 6.07 Å². The Morgan fingerprint density at radius 1 is 0.889 bits per heavy atom. The van der Waals surface area contributed by atoms with Gasteiger partial charge in [0.15, 0.2) is 0 Å². The fraction of sp³-hybridized carbons (Fsp3) is 0.200. The van der Waals surface area contributed by atoms with Crippen molar-refractivity contribution in [1.82, 2.24) is 0 Å². The first kappa shape index (κ1) is 18.1. The highest BCUT2D eigenvalue weighted by molar-refractivity contribution is 6.03. The van der Waals surface area contributed by atoms with E-state index >= 15 is 0 Å². The predicted octanol–water partition coefficient (Wildman–Crippen LogP) is 2.73. The first-order valence-electron chi connectivity index (χ1n) is 8.46. The van der Waals surface area contributed by atoms with Crippen LogP contribution in [0.5, 0.6) is 0 Å². The number of hydrogen-bond donors (Lipinski definition) is 3. The molecule has 2 atom stereocenters. The molecule has 3 N–H and O–H groups in total. The Kier molecular flexibility index (Phi) is 5.18. The Balaban J connectivity index is 1.55. The quantitative estimate of drug-likeness (QED) is 0.759. The first-order valence-corrected chi connectivity index (χ1v) is 8.46. The molecule has 3 rings (SSSR count). The van der Waals surface area contributed by atoms with Crippen LogP contribution in [0.15, 0.2) is 48.5 Å². The zero-order chi connectivity index (χ0) is 19.4. The number of amides is 3. The number of hydrogen-bond acceptors (Lipinski definition) is 4. The van der Waals surface area contributed by atoms with Gasteiger partial charge in [0.1, 0.15) is 6.07 Å². The van der Waals surface area contributed by atoms with Gasteiger partial charge in [-0.1, -0.05) is 12.1 Å². The normalized spacial score (nSPS) is 17.3. The Bertz CT molecular complexity index is 931. The summed E-state index contributed by atoms with van der Waals surface area (Å²) in [5.74, 6) is -1.46. The number of nitrogens with one attached hydrogen (secondary N) is 3. The number of carbonyl (C=O) groups is 3. The van der Waals surface area contributed by atoms with Gasteiger partial charge in [-0.25, -0.2) is 0 Å². The van der Waals surface area contributed by atoms with Crippen molar-refractivity contribution in [3.05, 3.63) is 54.1 Å². The topological polar surface area (TPSA) is 111 Å². The van der Waals surface area contributed by atoms with Crippen LogP contribution in [0.4, 0.5) is 17.1 Å². The Morgan fingerprint density at radius 3 is 2.04 bits per heavy atom. The van der Waals surface area contributed by atoms with Gasteiger partial charge in [0.05, 0.1) is 23.1 Å². The first-order chi connectivity index (χ1) is 13.0. The van der Waals surface area contributed by atoms with Crippen LogP contribution in [0.3, 0.4) is 0 Å². The third-order valence-electron chi connectivity index (χ3n) is 4.24. The second-order valence-corrected chi connectivity index (χ2v) is 6.34. The minimum atomic E-state index is -0.407. The molecule has 0 spiro atoms. The van der Waals surface area contributed by atoms with Crippen LogP contribution in [0.1, 0.15) is 18.9 Å². The molecule has 0 bridgehead atoms. The maximum atomic E-state index is 12.3. The summed E-state index contributed by atoms with van der Waals surface area (Å²) in [6.07, 6.45) is 0.469. The summed E-state index contributed by atoms with van der Waals surface area (Å²) < 4.78 is 0. The molecule has 2 aromatic rings. The van der Waals surface area contributed by atoms with Gasteiger partial charge in [-0.05, 0) is 42.8 Å². The summed E-state index contributed by atoms with van der Waals surface area (Å²) in [6, 6.07) is 15.5.